The SMILES string of the molecule is CS(=O)(=O)N1CCC(C(=O)Nc2ccc(SC3CCCC3)cc2)CC1. The van der Waals surface area contributed by atoms with Gasteiger partial charge in [-0.3, -0.25) is 4.79 Å². The zero-order valence-corrected chi connectivity index (χ0v) is 16.2. The van der Waals surface area contributed by atoms with Gasteiger partial charge in [0.25, 0.3) is 0 Å². The normalized spacial score (nSPS) is 20.7. The van der Waals surface area contributed by atoms with Crippen molar-refractivity contribution in [2.45, 2.75) is 48.7 Å². The number of benzene rings is 1. The molecule has 0 spiro atoms. The van der Waals surface area contributed by atoms with Crippen LogP contribution in [-0.4, -0.2) is 43.2 Å². The van der Waals surface area contributed by atoms with Crippen molar-refractivity contribution in [3.05, 3.63) is 24.3 Å². The van der Waals surface area contributed by atoms with Gasteiger partial charge in [-0.1, -0.05) is 12.8 Å². The first kappa shape index (κ1) is 18.7. The van der Waals surface area contributed by atoms with Crippen molar-refractivity contribution in [1.29, 1.82) is 0 Å². The molecule has 138 valence electrons. The van der Waals surface area contributed by atoms with Gasteiger partial charge in [0.15, 0.2) is 0 Å². The summed E-state index contributed by atoms with van der Waals surface area (Å²) in [5, 5.41) is 3.71. The second-order valence-electron chi connectivity index (χ2n) is 6.97. The van der Waals surface area contributed by atoms with Gasteiger partial charge in [-0.25, -0.2) is 12.7 Å². The van der Waals surface area contributed by atoms with E-state index in [1.807, 2.05) is 23.9 Å². The van der Waals surface area contributed by atoms with Gasteiger partial charge >= 0.3 is 0 Å². The number of hydrogen-bond donors (Lipinski definition) is 1. The summed E-state index contributed by atoms with van der Waals surface area (Å²) < 4.78 is 24.5. The van der Waals surface area contributed by atoms with Crippen LogP contribution in [0, 0.1) is 5.92 Å². The molecule has 0 aromatic heterocycles. The maximum Gasteiger partial charge on any atom is 0.227 e. The third-order valence-corrected chi connectivity index (χ3v) is 7.67. The Morgan fingerprint density at radius 3 is 2.24 bits per heavy atom. The summed E-state index contributed by atoms with van der Waals surface area (Å²) in [6.45, 7) is 0.849. The quantitative estimate of drug-likeness (QED) is 0.848. The first-order valence-electron chi connectivity index (χ1n) is 8.94. The maximum atomic E-state index is 12.4. The van der Waals surface area contributed by atoms with Crippen molar-refractivity contribution in [2.24, 2.45) is 5.92 Å². The van der Waals surface area contributed by atoms with Crippen molar-refractivity contribution >= 4 is 33.4 Å². The molecule has 3 rings (SSSR count). The second kappa shape index (κ2) is 8.10. The molecule has 1 saturated carbocycles. The molecule has 1 amide bonds. The van der Waals surface area contributed by atoms with Crippen LogP contribution in [0.1, 0.15) is 38.5 Å². The summed E-state index contributed by atoms with van der Waals surface area (Å²) in [4.78, 5) is 13.7. The summed E-state index contributed by atoms with van der Waals surface area (Å²) in [5.74, 6) is -0.130. The molecule has 0 unspecified atom stereocenters. The van der Waals surface area contributed by atoms with Gasteiger partial charge < -0.3 is 5.32 Å². The highest BCUT2D eigenvalue weighted by Gasteiger charge is 2.28. The molecule has 5 nitrogen and oxygen atoms in total. The van der Waals surface area contributed by atoms with Crippen molar-refractivity contribution in [2.75, 3.05) is 24.7 Å². The van der Waals surface area contributed by atoms with E-state index in [4.69, 9.17) is 0 Å². The molecule has 0 bridgehead atoms. The highest BCUT2D eigenvalue weighted by molar-refractivity contribution is 8.00. The van der Waals surface area contributed by atoms with Crippen LogP contribution in [0.15, 0.2) is 29.2 Å². The Morgan fingerprint density at radius 1 is 1.08 bits per heavy atom. The fourth-order valence-electron chi connectivity index (χ4n) is 3.51. The Balaban J connectivity index is 1.49. The summed E-state index contributed by atoms with van der Waals surface area (Å²) in [6, 6.07) is 8.07. The van der Waals surface area contributed by atoms with E-state index in [1.165, 1.54) is 41.1 Å². The van der Waals surface area contributed by atoms with Crippen LogP contribution >= 0.6 is 11.8 Å². The monoisotopic (exact) mass is 382 g/mol. The third kappa shape index (κ3) is 5.21. The fraction of sp³-hybridized carbons (Fsp3) is 0.611. The van der Waals surface area contributed by atoms with Crippen LogP contribution in [0.25, 0.3) is 0 Å². The lowest BCUT2D eigenvalue weighted by atomic mass is 9.97. The molecule has 1 heterocycles. The number of sulfonamides is 1. The predicted molar refractivity (Wildman–Crippen MR) is 102 cm³/mol. The van der Waals surface area contributed by atoms with E-state index >= 15 is 0 Å². The molecule has 25 heavy (non-hydrogen) atoms. The minimum absolute atomic E-state index is 0.00986. The average molecular weight is 383 g/mol. The first-order valence-corrected chi connectivity index (χ1v) is 11.7. The lowest BCUT2D eigenvalue weighted by Gasteiger charge is -2.29. The number of carbonyl (C=O) groups is 1. The molecule has 1 aromatic carbocycles. The molecule has 0 atom stereocenters. The van der Waals surface area contributed by atoms with Crippen LogP contribution < -0.4 is 5.32 Å². The van der Waals surface area contributed by atoms with E-state index in [1.54, 1.807) is 0 Å². The standard InChI is InChI=1S/C18H26N2O3S2/c1-25(22,23)20-12-10-14(11-13-20)18(21)19-15-6-8-17(9-7-15)24-16-4-2-3-5-16/h6-9,14,16H,2-5,10-13H2,1H3,(H,19,21). The number of rotatable bonds is 5. The smallest absolute Gasteiger partial charge is 0.227 e. The highest BCUT2D eigenvalue weighted by atomic mass is 32.2. The van der Waals surface area contributed by atoms with Crippen molar-refractivity contribution in [3.63, 3.8) is 0 Å². The van der Waals surface area contributed by atoms with Crippen LogP contribution in [0.3, 0.4) is 0 Å². The molecule has 1 aliphatic carbocycles. The summed E-state index contributed by atoms with van der Waals surface area (Å²) in [5.41, 5.74) is 0.811. The van der Waals surface area contributed by atoms with Crippen LogP contribution in [0.5, 0.6) is 0 Å². The maximum absolute atomic E-state index is 12.4. The lowest BCUT2D eigenvalue weighted by Crippen LogP contribution is -2.40. The Labute approximate surface area is 154 Å². The van der Waals surface area contributed by atoms with Crippen molar-refractivity contribution in [1.82, 2.24) is 4.31 Å². The number of carbonyl (C=O) groups excluding carboxylic acids is 1. The molecule has 1 aliphatic heterocycles. The fourth-order valence-corrected chi connectivity index (χ4v) is 5.63. The minimum Gasteiger partial charge on any atom is -0.326 e. The number of nitrogens with one attached hydrogen (secondary N) is 1. The Bertz CT molecular complexity index is 690. The van der Waals surface area contributed by atoms with E-state index in [0.717, 1.165) is 10.9 Å². The van der Waals surface area contributed by atoms with Crippen molar-refractivity contribution < 1.29 is 13.2 Å². The molecule has 1 N–H and O–H groups in total. The van der Waals surface area contributed by atoms with E-state index < -0.39 is 10.0 Å². The summed E-state index contributed by atoms with van der Waals surface area (Å²) in [7, 11) is -3.15. The molecule has 1 aromatic rings. The van der Waals surface area contributed by atoms with Gasteiger partial charge in [0.1, 0.15) is 0 Å². The predicted octanol–water partition coefficient (Wildman–Crippen LogP) is 3.33. The molecule has 2 fully saturated rings. The molecular formula is C18H26N2O3S2. The Morgan fingerprint density at radius 2 is 1.68 bits per heavy atom. The highest BCUT2D eigenvalue weighted by Crippen LogP contribution is 2.35. The number of piperidine rings is 1. The van der Waals surface area contributed by atoms with E-state index in [2.05, 4.69) is 17.4 Å². The summed E-state index contributed by atoms with van der Waals surface area (Å²) in [6.07, 6.45) is 7.65. The molecule has 0 radical (unpaired) electrons. The number of amides is 1. The number of thioether (sulfide) groups is 1. The zero-order valence-electron chi connectivity index (χ0n) is 14.6. The minimum atomic E-state index is -3.15. The summed E-state index contributed by atoms with van der Waals surface area (Å²) >= 11 is 1.93. The first-order chi connectivity index (χ1) is 11.9. The largest absolute Gasteiger partial charge is 0.326 e. The third-order valence-electron chi connectivity index (χ3n) is 5.02. The second-order valence-corrected chi connectivity index (χ2v) is 10.3. The van der Waals surface area contributed by atoms with E-state index in [-0.39, 0.29) is 11.8 Å². The molecular weight excluding hydrogens is 356 g/mol. The van der Waals surface area contributed by atoms with Crippen LogP contribution in [0.4, 0.5) is 5.69 Å². The molecule has 7 heteroatoms. The average Bonchev–Trinajstić information content (AvgIpc) is 3.09. The van der Waals surface area contributed by atoms with Crippen LogP contribution in [0.2, 0.25) is 0 Å². The van der Waals surface area contributed by atoms with Gasteiger partial charge in [-0.2, -0.15) is 0 Å². The van der Waals surface area contributed by atoms with Crippen molar-refractivity contribution in [3.8, 4) is 0 Å². The molecule has 2 aliphatic rings. The topological polar surface area (TPSA) is 66.5 Å². The molecule has 1 saturated heterocycles. The lowest BCUT2D eigenvalue weighted by molar-refractivity contribution is -0.120. The Hall–Kier alpha value is -1.05. The number of hydrogen-bond acceptors (Lipinski definition) is 4. The van der Waals surface area contributed by atoms with Gasteiger partial charge in [0.2, 0.25) is 15.9 Å². The zero-order chi connectivity index (χ0) is 17.9. The number of anilines is 1. The van der Waals surface area contributed by atoms with E-state index in [9.17, 15) is 13.2 Å². The Kier molecular flexibility index (Phi) is 6.07. The van der Waals surface area contributed by atoms with Crippen LogP contribution in [-0.2, 0) is 14.8 Å². The van der Waals surface area contributed by atoms with Gasteiger partial charge in [0.05, 0.1) is 6.26 Å². The van der Waals surface area contributed by atoms with E-state index in [0.29, 0.717) is 25.9 Å². The van der Waals surface area contributed by atoms with Gasteiger partial charge in [-0.05, 0) is 49.9 Å². The number of nitrogens with zero attached hydrogens (tertiary/aromatic N) is 1. The van der Waals surface area contributed by atoms with Gasteiger partial charge in [0, 0.05) is 34.8 Å². The van der Waals surface area contributed by atoms with Gasteiger partial charge in [-0.15, -0.1) is 11.8 Å².